The van der Waals surface area contributed by atoms with Crippen molar-refractivity contribution in [1.82, 2.24) is 14.5 Å². The molecule has 1 aromatic heterocycles. The number of imidazole rings is 1. The van der Waals surface area contributed by atoms with Crippen LogP contribution in [0.2, 0.25) is 0 Å². The Morgan fingerprint density at radius 3 is 2.73 bits per heavy atom. The van der Waals surface area contributed by atoms with E-state index in [0.717, 1.165) is 59.0 Å². The standard InChI is InChI=1S/C30H41N3O4/c1-5-28-31-13-16-33(28)14-7-17-36-26-9-6-8-25(18-26)19-32-15-12-27(34)30(35,20-32)21-37-29-23(3)11-10-22(2)24(29)4/h6,8-11,13,16,18,27,34-35H,5,7,12,14-15,17,19-21H2,1-4H3/t27-,30-/m0/s1. The van der Waals surface area contributed by atoms with E-state index in [0.29, 0.717) is 32.7 Å². The molecule has 2 atom stereocenters. The lowest BCUT2D eigenvalue weighted by molar-refractivity contribution is -0.140. The molecule has 0 radical (unpaired) electrons. The Hall–Kier alpha value is -2.87. The fourth-order valence-electron chi connectivity index (χ4n) is 5.04. The monoisotopic (exact) mass is 507 g/mol. The number of hydrogen-bond acceptors (Lipinski definition) is 6. The van der Waals surface area contributed by atoms with Gasteiger partial charge >= 0.3 is 0 Å². The number of rotatable bonds is 11. The van der Waals surface area contributed by atoms with Crippen molar-refractivity contribution >= 4 is 0 Å². The van der Waals surface area contributed by atoms with Crippen LogP contribution in [0.15, 0.2) is 48.8 Å². The molecule has 2 N–H and O–H groups in total. The molecular weight excluding hydrogens is 466 g/mol. The van der Waals surface area contributed by atoms with E-state index in [1.807, 2.05) is 51.4 Å². The van der Waals surface area contributed by atoms with Gasteiger partial charge in [-0.2, -0.15) is 0 Å². The van der Waals surface area contributed by atoms with Gasteiger partial charge in [0.15, 0.2) is 0 Å². The van der Waals surface area contributed by atoms with Gasteiger partial charge in [0.25, 0.3) is 0 Å². The van der Waals surface area contributed by atoms with Crippen LogP contribution in [0.1, 0.15) is 47.8 Å². The lowest BCUT2D eigenvalue weighted by Gasteiger charge is -2.42. The summed E-state index contributed by atoms with van der Waals surface area (Å²) in [7, 11) is 0. The average molecular weight is 508 g/mol. The van der Waals surface area contributed by atoms with E-state index in [-0.39, 0.29) is 6.61 Å². The molecule has 1 aliphatic rings. The Bertz CT molecular complexity index is 1180. The maximum atomic E-state index is 11.4. The molecule has 0 unspecified atom stereocenters. The maximum Gasteiger partial charge on any atom is 0.137 e. The first kappa shape index (κ1) is 27.2. The van der Waals surface area contributed by atoms with Crippen LogP contribution < -0.4 is 9.47 Å². The minimum absolute atomic E-state index is 0.0512. The van der Waals surface area contributed by atoms with E-state index < -0.39 is 11.7 Å². The molecule has 7 nitrogen and oxygen atoms in total. The van der Waals surface area contributed by atoms with Crippen molar-refractivity contribution in [2.45, 2.75) is 71.8 Å². The van der Waals surface area contributed by atoms with Crippen LogP contribution in [0.3, 0.4) is 0 Å². The number of nitrogens with zero attached hydrogens (tertiary/aromatic N) is 3. The van der Waals surface area contributed by atoms with Crippen molar-refractivity contribution in [2.75, 3.05) is 26.3 Å². The Morgan fingerprint density at radius 1 is 1.11 bits per heavy atom. The fourth-order valence-corrected chi connectivity index (χ4v) is 5.04. The number of hydrogen-bond donors (Lipinski definition) is 2. The van der Waals surface area contributed by atoms with Crippen LogP contribution in [0.4, 0.5) is 0 Å². The van der Waals surface area contributed by atoms with Crippen molar-refractivity contribution in [3.05, 3.63) is 76.9 Å². The van der Waals surface area contributed by atoms with Crippen LogP contribution in [0.25, 0.3) is 0 Å². The molecular formula is C30H41N3O4. The average Bonchev–Trinajstić information content (AvgIpc) is 3.34. The van der Waals surface area contributed by atoms with Gasteiger partial charge in [0.1, 0.15) is 29.5 Å². The van der Waals surface area contributed by atoms with Crippen molar-refractivity contribution in [2.24, 2.45) is 0 Å². The first-order valence-electron chi connectivity index (χ1n) is 13.3. The highest BCUT2D eigenvalue weighted by Crippen LogP contribution is 2.29. The van der Waals surface area contributed by atoms with Crippen molar-refractivity contribution in [3.8, 4) is 11.5 Å². The Balaban J connectivity index is 1.31. The zero-order chi connectivity index (χ0) is 26.4. The van der Waals surface area contributed by atoms with Gasteiger partial charge < -0.3 is 24.3 Å². The molecule has 0 spiro atoms. The topological polar surface area (TPSA) is 80.0 Å². The third-order valence-corrected chi connectivity index (χ3v) is 7.41. The van der Waals surface area contributed by atoms with E-state index in [9.17, 15) is 10.2 Å². The molecule has 4 rings (SSSR count). The molecule has 2 heterocycles. The predicted molar refractivity (Wildman–Crippen MR) is 145 cm³/mol. The van der Waals surface area contributed by atoms with E-state index in [1.165, 1.54) is 0 Å². The third-order valence-electron chi connectivity index (χ3n) is 7.41. The van der Waals surface area contributed by atoms with Gasteiger partial charge in [0.2, 0.25) is 0 Å². The Labute approximate surface area is 220 Å². The summed E-state index contributed by atoms with van der Waals surface area (Å²) in [5.74, 6) is 2.74. The van der Waals surface area contributed by atoms with Gasteiger partial charge in [-0.3, -0.25) is 4.90 Å². The van der Waals surface area contributed by atoms with Crippen LogP contribution >= 0.6 is 0 Å². The van der Waals surface area contributed by atoms with Crippen LogP contribution in [-0.2, 0) is 19.5 Å². The molecule has 0 saturated carbocycles. The van der Waals surface area contributed by atoms with Crippen molar-refractivity contribution < 1.29 is 19.7 Å². The summed E-state index contributed by atoms with van der Waals surface area (Å²) in [6.07, 6.45) is 5.37. The molecule has 0 amide bonds. The molecule has 37 heavy (non-hydrogen) atoms. The number of likely N-dealkylation sites (tertiary alicyclic amines) is 1. The molecule has 1 saturated heterocycles. The minimum atomic E-state index is -1.33. The summed E-state index contributed by atoms with van der Waals surface area (Å²) in [6, 6.07) is 12.2. The molecule has 7 heteroatoms. The van der Waals surface area contributed by atoms with Crippen molar-refractivity contribution in [3.63, 3.8) is 0 Å². The normalized spacial score (nSPS) is 20.2. The van der Waals surface area contributed by atoms with Crippen LogP contribution in [0.5, 0.6) is 11.5 Å². The number of piperidine rings is 1. The lowest BCUT2D eigenvalue weighted by atomic mass is 9.90. The zero-order valence-electron chi connectivity index (χ0n) is 22.6. The van der Waals surface area contributed by atoms with E-state index in [2.05, 4.69) is 39.6 Å². The van der Waals surface area contributed by atoms with Gasteiger partial charge in [-0.1, -0.05) is 31.2 Å². The summed E-state index contributed by atoms with van der Waals surface area (Å²) in [6.45, 7) is 11.5. The van der Waals surface area contributed by atoms with Gasteiger partial charge in [0, 0.05) is 45.0 Å². The highest BCUT2D eigenvalue weighted by molar-refractivity contribution is 5.44. The summed E-state index contributed by atoms with van der Waals surface area (Å²) >= 11 is 0. The number of benzene rings is 2. The SMILES string of the molecule is CCc1nccn1CCCOc1cccc(CN2CC[C@H](O)[C@@](O)(COc3c(C)ccc(C)c3C)C2)c1. The van der Waals surface area contributed by atoms with Gasteiger partial charge in [-0.15, -0.1) is 0 Å². The largest absolute Gasteiger partial charge is 0.494 e. The lowest BCUT2D eigenvalue weighted by Crippen LogP contribution is -2.59. The Kier molecular flexibility index (Phi) is 8.90. The second-order valence-corrected chi connectivity index (χ2v) is 10.3. The molecule has 1 fully saturated rings. The third kappa shape index (κ3) is 6.72. The van der Waals surface area contributed by atoms with E-state index in [1.54, 1.807) is 0 Å². The fraction of sp³-hybridized carbons (Fsp3) is 0.500. The minimum Gasteiger partial charge on any atom is -0.494 e. The summed E-state index contributed by atoms with van der Waals surface area (Å²) < 4.78 is 14.3. The Morgan fingerprint density at radius 2 is 1.92 bits per heavy atom. The first-order chi connectivity index (χ1) is 17.8. The quantitative estimate of drug-likeness (QED) is 0.379. The summed E-state index contributed by atoms with van der Waals surface area (Å²) in [5.41, 5.74) is 3.03. The zero-order valence-corrected chi connectivity index (χ0v) is 22.6. The highest BCUT2D eigenvalue weighted by atomic mass is 16.5. The molecule has 1 aliphatic heterocycles. The molecule has 3 aromatic rings. The van der Waals surface area contributed by atoms with Crippen LogP contribution in [-0.4, -0.2) is 62.7 Å². The first-order valence-corrected chi connectivity index (χ1v) is 13.3. The number of aliphatic hydroxyl groups is 2. The number of ether oxygens (including phenoxy) is 2. The number of aromatic nitrogens is 2. The van der Waals surface area contributed by atoms with Crippen molar-refractivity contribution in [1.29, 1.82) is 0 Å². The number of aryl methyl sites for hydroxylation is 4. The highest BCUT2D eigenvalue weighted by Gasteiger charge is 2.42. The van der Waals surface area contributed by atoms with Gasteiger partial charge in [-0.05, 0) is 68.0 Å². The predicted octanol–water partition coefficient (Wildman–Crippen LogP) is 4.22. The second-order valence-electron chi connectivity index (χ2n) is 10.3. The van der Waals surface area contributed by atoms with E-state index in [4.69, 9.17) is 9.47 Å². The molecule has 2 aromatic carbocycles. The smallest absolute Gasteiger partial charge is 0.137 e. The van der Waals surface area contributed by atoms with E-state index >= 15 is 0 Å². The summed E-state index contributed by atoms with van der Waals surface area (Å²) in [5, 5.41) is 22.0. The van der Waals surface area contributed by atoms with Gasteiger partial charge in [-0.25, -0.2) is 4.98 Å². The second kappa shape index (κ2) is 12.1. The maximum absolute atomic E-state index is 11.4. The van der Waals surface area contributed by atoms with Crippen LogP contribution in [0, 0.1) is 20.8 Å². The number of aliphatic hydroxyl groups excluding tert-OH is 1. The molecule has 0 aliphatic carbocycles. The molecule has 200 valence electrons. The molecule has 0 bridgehead atoms. The van der Waals surface area contributed by atoms with Gasteiger partial charge in [0.05, 0.1) is 12.7 Å². The summed E-state index contributed by atoms with van der Waals surface area (Å²) in [4.78, 5) is 6.54. The number of β-amino-alcohol motifs (C(OH)–C–C–N with tert-alkyl or cyclic N) is 1.